The predicted molar refractivity (Wildman–Crippen MR) is 97.3 cm³/mol. The van der Waals surface area contributed by atoms with Gasteiger partial charge < -0.3 is 15.2 Å². The van der Waals surface area contributed by atoms with Crippen LogP contribution in [0.4, 0.5) is 0 Å². The van der Waals surface area contributed by atoms with Crippen LogP contribution in [0, 0.1) is 12.8 Å². The highest BCUT2D eigenvalue weighted by molar-refractivity contribution is 7.98. The Bertz CT molecular complexity index is 723. The molecule has 2 N–H and O–H groups in total. The van der Waals surface area contributed by atoms with Gasteiger partial charge in [-0.3, -0.25) is 4.79 Å². The molecule has 0 aliphatic carbocycles. The van der Waals surface area contributed by atoms with Gasteiger partial charge in [-0.05, 0) is 44.7 Å². The summed E-state index contributed by atoms with van der Waals surface area (Å²) in [6.45, 7) is 5.38. The number of hydrogen-bond donors (Lipinski definition) is 1. The number of carbonyl (C=O) groups is 1. The van der Waals surface area contributed by atoms with E-state index in [1.807, 2.05) is 36.1 Å². The summed E-state index contributed by atoms with van der Waals surface area (Å²) in [5.74, 6) is 2.35. The molecular formula is C18H24N4O2S. The topological polar surface area (TPSA) is 85.2 Å². The van der Waals surface area contributed by atoms with Crippen molar-refractivity contribution in [2.24, 2.45) is 11.7 Å². The maximum absolute atomic E-state index is 12.9. The molecule has 25 heavy (non-hydrogen) atoms. The van der Waals surface area contributed by atoms with Gasteiger partial charge in [0.25, 0.3) is 5.91 Å². The maximum Gasteiger partial charge on any atom is 0.254 e. The van der Waals surface area contributed by atoms with E-state index in [1.165, 1.54) is 0 Å². The summed E-state index contributed by atoms with van der Waals surface area (Å²) in [5, 5.41) is 3.80. The molecule has 3 rings (SSSR count). The average Bonchev–Trinajstić information content (AvgIpc) is 3.05. The molecule has 1 fully saturated rings. The van der Waals surface area contributed by atoms with Crippen LogP contribution in [0.3, 0.4) is 0 Å². The Hall–Kier alpha value is -1.86. The van der Waals surface area contributed by atoms with Gasteiger partial charge in [0, 0.05) is 24.0 Å². The first-order valence-electron chi connectivity index (χ1n) is 8.60. The van der Waals surface area contributed by atoms with Gasteiger partial charge >= 0.3 is 0 Å². The highest BCUT2D eigenvalue weighted by atomic mass is 32.2. The molecule has 7 heteroatoms. The van der Waals surface area contributed by atoms with Crippen molar-refractivity contribution in [2.45, 2.75) is 43.4 Å². The van der Waals surface area contributed by atoms with E-state index in [1.54, 1.807) is 18.7 Å². The van der Waals surface area contributed by atoms with E-state index in [4.69, 9.17) is 10.3 Å². The number of nitrogens with two attached hydrogens (primary N) is 1. The number of piperidine rings is 1. The van der Waals surface area contributed by atoms with E-state index in [0.29, 0.717) is 23.4 Å². The van der Waals surface area contributed by atoms with Crippen molar-refractivity contribution in [3.05, 3.63) is 41.5 Å². The molecule has 6 nitrogen and oxygen atoms in total. The van der Waals surface area contributed by atoms with Crippen molar-refractivity contribution in [3.8, 4) is 0 Å². The van der Waals surface area contributed by atoms with E-state index < -0.39 is 0 Å². The lowest BCUT2D eigenvalue weighted by Gasteiger charge is -2.34. The van der Waals surface area contributed by atoms with Crippen LogP contribution in [-0.2, 0) is 5.75 Å². The van der Waals surface area contributed by atoms with Crippen LogP contribution in [0.15, 0.2) is 33.7 Å². The molecule has 1 aliphatic heterocycles. The number of rotatable bonds is 5. The monoisotopic (exact) mass is 360 g/mol. The molecule has 0 radical (unpaired) electrons. The van der Waals surface area contributed by atoms with Gasteiger partial charge in [-0.15, -0.1) is 11.8 Å². The van der Waals surface area contributed by atoms with Gasteiger partial charge in [0.1, 0.15) is 0 Å². The summed E-state index contributed by atoms with van der Waals surface area (Å²) < 4.78 is 5.15. The summed E-state index contributed by atoms with van der Waals surface area (Å²) >= 11 is 1.55. The molecule has 1 saturated heterocycles. The zero-order chi connectivity index (χ0) is 17.8. The van der Waals surface area contributed by atoms with Crippen molar-refractivity contribution in [1.82, 2.24) is 15.0 Å². The number of thioether (sulfide) groups is 1. The van der Waals surface area contributed by atoms with Crippen molar-refractivity contribution >= 4 is 17.7 Å². The van der Waals surface area contributed by atoms with E-state index in [0.717, 1.165) is 36.4 Å². The summed E-state index contributed by atoms with van der Waals surface area (Å²) in [7, 11) is 0. The molecule has 0 saturated carbocycles. The minimum Gasteiger partial charge on any atom is -0.339 e. The van der Waals surface area contributed by atoms with Gasteiger partial charge in [-0.2, -0.15) is 4.98 Å². The number of amides is 1. The van der Waals surface area contributed by atoms with E-state index >= 15 is 0 Å². The van der Waals surface area contributed by atoms with Crippen LogP contribution in [-0.4, -0.2) is 40.1 Å². The smallest absolute Gasteiger partial charge is 0.254 e. The fraction of sp³-hybridized carbons (Fsp3) is 0.500. The Morgan fingerprint density at radius 3 is 2.76 bits per heavy atom. The molecule has 1 unspecified atom stereocenters. The molecule has 0 spiro atoms. The average molecular weight is 360 g/mol. The SMILES string of the molecule is Cc1noc(CSc2ccccc2C(=O)N2CCC(C(C)N)CC2)n1. The molecule has 1 atom stereocenters. The Balaban J connectivity index is 1.66. The second-order valence-electron chi connectivity index (χ2n) is 6.51. The first-order valence-corrected chi connectivity index (χ1v) is 9.59. The molecule has 2 aromatic rings. The standard InChI is InChI=1S/C18H24N4O2S/c1-12(19)14-7-9-22(10-8-14)18(23)15-5-3-4-6-16(15)25-11-17-20-13(2)21-24-17/h3-6,12,14H,7-11,19H2,1-2H3. The fourth-order valence-corrected chi connectivity index (χ4v) is 3.99. The van der Waals surface area contributed by atoms with Gasteiger partial charge in [0.2, 0.25) is 5.89 Å². The number of nitrogens with zero attached hydrogens (tertiary/aromatic N) is 3. The Labute approximate surface area is 152 Å². The van der Waals surface area contributed by atoms with Gasteiger partial charge in [-0.1, -0.05) is 17.3 Å². The quantitative estimate of drug-likeness (QED) is 0.825. The summed E-state index contributed by atoms with van der Waals surface area (Å²) in [5.41, 5.74) is 6.73. The fourth-order valence-electron chi connectivity index (χ4n) is 3.11. The van der Waals surface area contributed by atoms with Gasteiger partial charge in [-0.25, -0.2) is 0 Å². The predicted octanol–water partition coefficient (Wildman–Crippen LogP) is 2.87. The van der Waals surface area contributed by atoms with Crippen molar-refractivity contribution in [3.63, 3.8) is 0 Å². The molecule has 2 heterocycles. The highest BCUT2D eigenvalue weighted by Gasteiger charge is 2.26. The molecule has 1 aliphatic rings. The van der Waals surface area contributed by atoms with Crippen LogP contribution >= 0.6 is 11.8 Å². The van der Waals surface area contributed by atoms with Gasteiger partial charge in [0.05, 0.1) is 11.3 Å². The van der Waals surface area contributed by atoms with E-state index in [2.05, 4.69) is 10.1 Å². The van der Waals surface area contributed by atoms with Crippen LogP contribution in [0.1, 0.15) is 41.8 Å². The molecule has 0 bridgehead atoms. The zero-order valence-electron chi connectivity index (χ0n) is 14.6. The molecular weight excluding hydrogens is 336 g/mol. The highest BCUT2D eigenvalue weighted by Crippen LogP contribution is 2.28. The van der Waals surface area contributed by atoms with Crippen molar-refractivity contribution in [2.75, 3.05) is 13.1 Å². The summed E-state index contributed by atoms with van der Waals surface area (Å²) in [6.07, 6.45) is 1.94. The largest absolute Gasteiger partial charge is 0.339 e. The number of benzene rings is 1. The van der Waals surface area contributed by atoms with Crippen LogP contribution in [0.2, 0.25) is 0 Å². The zero-order valence-corrected chi connectivity index (χ0v) is 15.5. The number of aryl methyl sites for hydroxylation is 1. The van der Waals surface area contributed by atoms with E-state index in [9.17, 15) is 4.79 Å². The van der Waals surface area contributed by atoms with Gasteiger partial charge in [0.15, 0.2) is 5.82 Å². The van der Waals surface area contributed by atoms with Crippen molar-refractivity contribution in [1.29, 1.82) is 0 Å². The van der Waals surface area contributed by atoms with Crippen LogP contribution in [0.25, 0.3) is 0 Å². The van der Waals surface area contributed by atoms with Crippen molar-refractivity contribution < 1.29 is 9.32 Å². The number of aromatic nitrogens is 2. The number of likely N-dealkylation sites (tertiary alicyclic amines) is 1. The molecule has 1 amide bonds. The lowest BCUT2D eigenvalue weighted by Crippen LogP contribution is -2.42. The Kier molecular flexibility index (Phi) is 5.75. The first-order chi connectivity index (χ1) is 12.0. The maximum atomic E-state index is 12.9. The second-order valence-corrected chi connectivity index (χ2v) is 7.53. The molecule has 134 valence electrons. The van der Waals surface area contributed by atoms with Crippen LogP contribution < -0.4 is 5.73 Å². The lowest BCUT2D eigenvalue weighted by molar-refractivity contribution is 0.0677. The summed E-state index contributed by atoms with van der Waals surface area (Å²) in [4.78, 5) is 20.0. The molecule has 1 aromatic heterocycles. The Morgan fingerprint density at radius 1 is 1.40 bits per heavy atom. The molecule has 1 aromatic carbocycles. The minimum atomic E-state index is 0.0907. The lowest BCUT2D eigenvalue weighted by atomic mass is 9.90. The Morgan fingerprint density at radius 2 is 2.12 bits per heavy atom. The first kappa shape index (κ1) is 17.9. The number of hydrogen-bond acceptors (Lipinski definition) is 6. The third-order valence-corrected chi connectivity index (χ3v) is 5.67. The minimum absolute atomic E-state index is 0.0907. The third kappa shape index (κ3) is 4.41. The normalized spacial score (nSPS) is 16.8. The van der Waals surface area contributed by atoms with E-state index in [-0.39, 0.29) is 11.9 Å². The third-order valence-electron chi connectivity index (χ3n) is 4.61. The summed E-state index contributed by atoms with van der Waals surface area (Å²) in [6, 6.07) is 7.90. The van der Waals surface area contributed by atoms with Crippen LogP contribution in [0.5, 0.6) is 0 Å². The second kappa shape index (κ2) is 8.01. The number of carbonyl (C=O) groups excluding carboxylic acids is 1.